The van der Waals surface area contributed by atoms with E-state index < -0.39 is 29.8 Å². The Bertz CT molecular complexity index is 503. The number of benzene rings is 1. The van der Waals surface area contributed by atoms with Crippen molar-refractivity contribution >= 4 is 12.0 Å². The molecular weight excluding hydrogens is 277 g/mol. The molecule has 1 atom stereocenters. The van der Waals surface area contributed by atoms with Crippen molar-refractivity contribution in [1.82, 2.24) is 10.6 Å². The number of carboxylic acids is 1. The Morgan fingerprint density at radius 3 is 2.45 bits per heavy atom. The SMILES string of the molecule is C[C@H](NC(=O)NCc1ccccc1C(F)(F)F)C(=O)O. The van der Waals surface area contributed by atoms with Crippen LogP contribution in [0.15, 0.2) is 24.3 Å². The van der Waals surface area contributed by atoms with Crippen molar-refractivity contribution in [2.45, 2.75) is 25.7 Å². The van der Waals surface area contributed by atoms with E-state index in [1.807, 2.05) is 0 Å². The van der Waals surface area contributed by atoms with Crippen LogP contribution in [-0.4, -0.2) is 23.1 Å². The number of carbonyl (C=O) groups is 2. The topological polar surface area (TPSA) is 78.4 Å². The molecule has 20 heavy (non-hydrogen) atoms. The molecule has 2 amide bonds. The molecule has 1 aromatic carbocycles. The quantitative estimate of drug-likeness (QED) is 0.793. The van der Waals surface area contributed by atoms with Crippen molar-refractivity contribution < 1.29 is 27.9 Å². The number of halogens is 3. The number of hydrogen-bond donors (Lipinski definition) is 3. The van der Waals surface area contributed by atoms with Crippen molar-refractivity contribution in [2.24, 2.45) is 0 Å². The van der Waals surface area contributed by atoms with E-state index in [0.29, 0.717) is 0 Å². The van der Waals surface area contributed by atoms with Crippen LogP contribution in [0.25, 0.3) is 0 Å². The molecule has 5 nitrogen and oxygen atoms in total. The van der Waals surface area contributed by atoms with E-state index >= 15 is 0 Å². The Morgan fingerprint density at radius 1 is 1.30 bits per heavy atom. The van der Waals surface area contributed by atoms with Gasteiger partial charge in [-0.2, -0.15) is 13.2 Å². The zero-order chi connectivity index (χ0) is 15.3. The van der Waals surface area contributed by atoms with Gasteiger partial charge < -0.3 is 15.7 Å². The van der Waals surface area contributed by atoms with Crippen LogP contribution in [0, 0.1) is 0 Å². The van der Waals surface area contributed by atoms with Crippen LogP contribution in [0.4, 0.5) is 18.0 Å². The van der Waals surface area contributed by atoms with Gasteiger partial charge in [0.25, 0.3) is 0 Å². The Hall–Kier alpha value is -2.25. The Kier molecular flexibility index (Phi) is 4.95. The normalized spacial score (nSPS) is 12.6. The number of hydrogen-bond acceptors (Lipinski definition) is 2. The summed E-state index contributed by atoms with van der Waals surface area (Å²) in [6.07, 6.45) is -4.51. The summed E-state index contributed by atoms with van der Waals surface area (Å²) in [5, 5.41) is 12.8. The molecule has 1 aromatic rings. The van der Waals surface area contributed by atoms with Crippen molar-refractivity contribution in [3.63, 3.8) is 0 Å². The van der Waals surface area contributed by atoms with Crippen LogP contribution >= 0.6 is 0 Å². The second-order valence-corrected chi connectivity index (χ2v) is 4.04. The molecule has 0 radical (unpaired) electrons. The van der Waals surface area contributed by atoms with Gasteiger partial charge in [0.1, 0.15) is 6.04 Å². The maximum Gasteiger partial charge on any atom is 0.416 e. The van der Waals surface area contributed by atoms with E-state index in [2.05, 4.69) is 10.6 Å². The summed E-state index contributed by atoms with van der Waals surface area (Å²) < 4.78 is 38.0. The molecular formula is C12H13F3N2O3. The van der Waals surface area contributed by atoms with Crippen LogP contribution in [0.2, 0.25) is 0 Å². The smallest absolute Gasteiger partial charge is 0.416 e. The Morgan fingerprint density at radius 2 is 1.90 bits per heavy atom. The van der Waals surface area contributed by atoms with Crippen molar-refractivity contribution in [2.75, 3.05) is 0 Å². The second-order valence-electron chi connectivity index (χ2n) is 4.04. The van der Waals surface area contributed by atoms with E-state index in [1.54, 1.807) is 0 Å². The number of carboxylic acid groups (broad SMARTS) is 1. The molecule has 0 aliphatic carbocycles. The summed E-state index contributed by atoms with van der Waals surface area (Å²) >= 11 is 0. The first-order chi connectivity index (χ1) is 9.21. The van der Waals surface area contributed by atoms with E-state index in [9.17, 15) is 22.8 Å². The second kappa shape index (κ2) is 6.27. The standard InChI is InChI=1S/C12H13F3N2O3/c1-7(10(18)19)17-11(20)16-6-8-4-2-3-5-9(8)12(13,14)15/h2-5,7H,6H2,1H3,(H,18,19)(H2,16,17,20)/t7-/m0/s1. The average Bonchev–Trinajstić information content (AvgIpc) is 2.35. The lowest BCUT2D eigenvalue weighted by atomic mass is 10.1. The first-order valence-electron chi connectivity index (χ1n) is 5.64. The highest BCUT2D eigenvalue weighted by molar-refractivity contribution is 5.82. The van der Waals surface area contributed by atoms with E-state index in [-0.39, 0.29) is 12.1 Å². The molecule has 0 saturated carbocycles. The molecule has 0 aliphatic heterocycles. The highest BCUT2D eigenvalue weighted by atomic mass is 19.4. The third-order valence-corrected chi connectivity index (χ3v) is 2.48. The fourth-order valence-electron chi connectivity index (χ4n) is 1.44. The third-order valence-electron chi connectivity index (χ3n) is 2.48. The lowest BCUT2D eigenvalue weighted by molar-refractivity contribution is -0.139. The maximum atomic E-state index is 12.7. The summed E-state index contributed by atoms with van der Waals surface area (Å²) in [5.41, 5.74) is -0.940. The van der Waals surface area contributed by atoms with Crippen molar-refractivity contribution in [3.8, 4) is 0 Å². The number of alkyl halides is 3. The molecule has 0 aromatic heterocycles. The largest absolute Gasteiger partial charge is 0.480 e. The molecule has 0 spiro atoms. The van der Waals surface area contributed by atoms with Gasteiger partial charge in [-0.25, -0.2) is 4.79 Å². The van der Waals surface area contributed by atoms with E-state index in [0.717, 1.165) is 6.07 Å². The van der Waals surface area contributed by atoms with Crippen LogP contribution < -0.4 is 10.6 Å². The van der Waals surface area contributed by atoms with Crippen LogP contribution in [0.1, 0.15) is 18.1 Å². The van der Waals surface area contributed by atoms with Crippen LogP contribution in [0.3, 0.4) is 0 Å². The molecule has 0 fully saturated rings. The number of nitrogens with one attached hydrogen (secondary N) is 2. The number of carbonyl (C=O) groups excluding carboxylic acids is 1. The minimum Gasteiger partial charge on any atom is -0.480 e. The lowest BCUT2D eigenvalue weighted by Gasteiger charge is -2.14. The summed E-state index contributed by atoms with van der Waals surface area (Å²) in [5.74, 6) is -1.24. The summed E-state index contributed by atoms with van der Waals surface area (Å²) in [6, 6.07) is 2.84. The highest BCUT2D eigenvalue weighted by Gasteiger charge is 2.32. The van der Waals surface area contributed by atoms with Crippen LogP contribution in [-0.2, 0) is 17.5 Å². The first kappa shape index (κ1) is 15.8. The molecule has 0 unspecified atom stereocenters. The number of aliphatic carboxylic acids is 1. The molecule has 8 heteroatoms. The highest BCUT2D eigenvalue weighted by Crippen LogP contribution is 2.31. The molecule has 110 valence electrons. The molecule has 0 aliphatic rings. The minimum absolute atomic E-state index is 0.0990. The molecule has 0 bridgehead atoms. The monoisotopic (exact) mass is 290 g/mol. The number of urea groups is 1. The first-order valence-corrected chi connectivity index (χ1v) is 5.64. The van der Waals surface area contributed by atoms with E-state index in [4.69, 9.17) is 5.11 Å². The van der Waals surface area contributed by atoms with Crippen molar-refractivity contribution in [1.29, 1.82) is 0 Å². The Labute approximate surface area is 112 Å². The van der Waals surface area contributed by atoms with Gasteiger partial charge in [-0.05, 0) is 18.6 Å². The average molecular weight is 290 g/mol. The fourth-order valence-corrected chi connectivity index (χ4v) is 1.44. The third kappa shape index (κ3) is 4.45. The summed E-state index contributed by atoms with van der Waals surface area (Å²) in [6.45, 7) is 0.888. The van der Waals surface area contributed by atoms with Crippen LogP contribution in [0.5, 0.6) is 0 Å². The predicted octanol–water partition coefficient (Wildman–Crippen LogP) is 1.98. The van der Waals surface area contributed by atoms with E-state index in [1.165, 1.54) is 25.1 Å². The van der Waals surface area contributed by atoms with Gasteiger partial charge in [-0.15, -0.1) is 0 Å². The minimum atomic E-state index is -4.51. The maximum absolute atomic E-state index is 12.7. The molecule has 0 saturated heterocycles. The number of amides is 2. The zero-order valence-electron chi connectivity index (χ0n) is 10.5. The Balaban J connectivity index is 2.67. The molecule has 1 rings (SSSR count). The van der Waals surface area contributed by atoms with Gasteiger partial charge in [-0.3, -0.25) is 4.79 Å². The van der Waals surface area contributed by atoms with Gasteiger partial charge in [-0.1, -0.05) is 18.2 Å². The van der Waals surface area contributed by atoms with Gasteiger partial charge in [0.15, 0.2) is 0 Å². The molecule has 0 heterocycles. The van der Waals surface area contributed by atoms with Crippen molar-refractivity contribution in [3.05, 3.63) is 35.4 Å². The molecule has 3 N–H and O–H groups in total. The number of rotatable bonds is 4. The van der Waals surface area contributed by atoms with Gasteiger partial charge in [0, 0.05) is 6.54 Å². The lowest BCUT2D eigenvalue weighted by Crippen LogP contribution is -2.44. The van der Waals surface area contributed by atoms with Gasteiger partial charge in [0.2, 0.25) is 0 Å². The van der Waals surface area contributed by atoms with Gasteiger partial charge in [0.05, 0.1) is 5.56 Å². The summed E-state index contributed by atoms with van der Waals surface area (Å²) in [4.78, 5) is 21.8. The van der Waals surface area contributed by atoms with Gasteiger partial charge >= 0.3 is 18.2 Å². The fraction of sp³-hybridized carbons (Fsp3) is 0.333. The predicted molar refractivity (Wildman–Crippen MR) is 63.9 cm³/mol. The summed E-state index contributed by atoms with van der Waals surface area (Å²) in [7, 11) is 0. The zero-order valence-corrected chi connectivity index (χ0v) is 10.5.